The monoisotopic (exact) mass is 312 g/mol. The van der Waals surface area contributed by atoms with Crippen molar-refractivity contribution < 1.29 is 0 Å². The summed E-state index contributed by atoms with van der Waals surface area (Å²) in [7, 11) is 0. The second-order valence-corrected chi connectivity index (χ2v) is 5.65. The lowest BCUT2D eigenvalue weighted by Gasteiger charge is -2.16. The Morgan fingerprint density at radius 1 is 1.21 bits per heavy atom. The SMILES string of the molecule is N#Cc1cc(Br)ccc1NC1CCc2ccccc21. The van der Waals surface area contributed by atoms with E-state index < -0.39 is 0 Å². The van der Waals surface area contributed by atoms with Crippen molar-refractivity contribution in [2.75, 3.05) is 5.32 Å². The summed E-state index contributed by atoms with van der Waals surface area (Å²) >= 11 is 3.40. The summed E-state index contributed by atoms with van der Waals surface area (Å²) in [6.07, 6.45) is 2.19. The van der Waals surface area contributed by atoms with E-state index >= 15 is 0 Å². The van der Waals surface area contributed by atoms with Gasteiger partial charge in [-0.3, -0.25) is 0 Å². The number of nitrogens with zero attached hydrogens (tertiary/aromatic N) is 1. The smallest absolute Gasteiger partial charge is 0.101 e. The summed E-state index contributed by atoms with van der Waals surface area (Å²) in [6, 6.07) is 16.8. The number of halogens is 1. The summed E-state index contributed by atoms with van der Waals surface area (Å²) in [5.74, 6) is 0. The maximum absolute atomic E-state index is 9.20. The van der Waals surface area contributed by atoms with E-state index in [0.717, 1.165) is 23.0 Å². The molecule has 0 amide bonds. The van der Waals surface area contributed by atoms with E-state index in [9.17, 15) is 5.26 Å². The Bertz CT molecular complexity index is 658. The molecule has 0 bridgehead atoms. The van der Waals surface area contributed by atoms with Gasteiger partial charge in [0, 0.05) is 4.47 Å². The zero-order valence-electron chi connectivity index (χ0n) is 10.4. The van der Waals surface area contributed by atoms with Gasteiger partial charge < -0.3 is 5.32 Å². The molecule has 1 unspecified atom stereocenters. The normalized spacial score (nSPS) is 16.7. The molecule has 1 atom stereocenters. The highest BCUT2D eigenvalue weighted by Crippen LogP contribution is 2.34. The minimum atomic E-state index is 0.310. The second kappa shape index (κ2) is 5.07. The van der Waals surface area contributed by atoms with Crippen LogP contribution in [0.3, 0.4) is 0 Å². The van der Waals surface area contributed by atoms with Gasteiger partial charge >= 0.3 is 0 Å². The van der Waals surface area contributed by atoms with Crippen LogP contribution < -0.4 is 5.32 Å². The minimum absolute atomic E-state index is 0.310. The number of anilines is 1. The predicted molar refractivity (Wildman–Crippen MR) is 80.0 cm³/mol. The van der Waals surface area contributed by atoms with Gasteiger partial charge in [0.05, 0.1) is 17.3 Å². The molecule has 1 N–H and O–H groups in total. The fraction of sp³-hybridized carbons (Fsp3) is 0.188. The van der Waals surface area contributed by atoms with E-state index in [1.54, 1.807) is 0 Å². The number of nitrogens with one attached hydrogen (secondary N) is 1. The Hall–Kier alpha value is -1.79. The van der Waals surface area contributed by atoms with Crippen molar-refractivity contribution in [3.05, 3.63) is 63.6 Å². The van der Waals surface area contributed by atoms with Gasteiger partial charge in [0.25, 0.3) is 0 Å². The number of rotatable bonds is 2. The van der Waals surface area contributed by atoms with Crippen molar-refractivity contribution in [3.63, 3.8) is 0 Å². The van der Waals surface area contributed by atoms with E-state index in [-0.39, 0.29) is 0 Å². The summed E-state index contributed by atoms with van der Waals surface area (Å²) in [5, 5.41) is 12.7. The molecule has 0 aliphatic heterocycles. The van der Waals surface area contributed by atoms with Crippen LogP contribution in [-0.4, -0.2) is 0 Å². The lowest BCUT2D eigenvalue weighted by atomic mass is 10.1. The van der Waals surface area contributed by atoms with E-state index in [0.29, 0.717) is 11.6 Å². The van der Waals surface area contributed by atoms with Crippen molar-refractivity contribution in [2.24, 2.45) is 0 Å². The number of aryl methyl sites for hydroxylation is 1. The Morgan fingerprint density at radius 3 is 2.89 bits per heavy atom. The third-order valence-corrected chi connectivity index (χ3v) is 4.06. The van der Waals surface area contributed by atoms with Gasteiger partial charge in [-0.1, -0.05) is 40.2 Å². The van der Waals surface area contributed by atoms with Crippen LogP contribution >= 0.6 is 15.9 Å². The Kier molecular flexibility index (Phi) is 3.27. The first kappa shape index (κ1) is 12.3. The van der Waals surface area contributed by atoms with Gasteiger partial charge in [-0.05, 0) is 42.2 Å². The standard InChI is InChI=1S/C16H13BrN2/c17-13-6-8-15(12(9-13)10-18)19-16-7-5-11-3-1-2-4-14(11)16/h1-4,6,8-9,16,19H,5,7H2. The summed E-state index contributed by atoms with van der Waals surface area (Å²) in [4.78, 5) is 0. The average molecular weight is 313 g/mol. The third kappa shape index (κ3) is 2.36. The highest BCUT2D eigenvalue weighted by atomic mass is 79.9. The molecule has 0 saturated carbocycles. The highest BCUT2D eigenvalue weighted by Gasteiger charge is 2.22. The van der Waals surface area contributed by atoms with Crippen molar-refractivity contribution >= 4 is 21.6 Å². The molecule has 3 heteroatoms. The molecular formula is C16H13BrN2. The number of benzene rings is 2. The third-order valence-electron chi connectivity index (χ3n) is 3.56. The topological polar surface area (TPSA) is 35.8 Å². The second-order valence-electron chi connectivity index (χ2n) is 4.74. The van der Waals surface area contributed by atoms with Crippen LogP contribution in [0.15, 0.2) is 46.9 Å². The largest absolute Gasteiger partial charge is 0.377 e. The van der Waals surface area contributed by atoms with E-state index in [1.807, 2.05) is 18.2 Å². The molecule has 2 aromatic carbocycles. The maximum atomic E-state index is 9.20. The molecule has 2 nitrogen and oxygen atoms in total. The van der Waals surface area contributed by atoms with Crippen LogP contribution in [0, 0.1) is 11.3 Å². The molecule has 19 heavy (non-hydrogen) atoms. The molecule has 0 spiro atoms. The van der Waals surface area contributed by atoms with Crippen molar-refractivity contribution in [1.82, 2.24) is 0 Å². The molecule has 1 aliphatic rings. The van der Waals surface area contributed by atoms with Gasteiger partial charge in [0.15, 0.2) is 0 Å². The lowest BCUT2D eigenvalue weighted by molar-refractivity contribution is 0.761. The average Bonchev–Trinajstić information content (AvgIpc) is 2.84. The molecule has 3 rings (SSSR count). The molecule has 0 aromatic heterocycles. The maximum Gasteiger partial charge on any atom is 0.101 e. The number of fused-ring (bicyclic) bond motifs is 1. The molecular weight excluding hydrogens is 300 g/mol. The molecule has 2 aromatic rings. The molecule has 94 valence electrons. The van der Waals surface area contributed by atoms with Gasteiger partial charge in [-0.15, -0.1) is 0 Å². The zero-order chi connectivity index (χ0) is 13.2. The molecule has 0 radical (unpaired) electrons. The first-order valence-corrected chi connectivity index (χ1v) is 7.11. The molecule has 0 saturated heterocycles. The van der Waals surface area contributed by atoms with Crippen molar-refractivity contribution in [2.45, 2.75) is 18.9 Å². The van der Waals surface area contributed by atoms with Crippen LogP contribution in [0.25, 0.3) is 0 Å². The van der Waals surface area contributed by atoms with Crippen LogP contribution in [0.1, 0.15) is 29.2 Å². The zero-order valence-corrected chi connectivity index (χ0v) is 11.9. The van der Waals surface area contributed by atoms with Crippen molar-refractivity contribution in [3.8, 4) is 6.07 Å². The van der Waals surface area contributed by atoms with E-state index in [4.69, 9.17) is 0 Å². The summed E-state index contributed by atoms with van der Waals surface area (Å²) in [6.45, 7) is 0. The van der Waals surface area contributed by atoms with Crippen molar-refractivity contribution in [1.29, 1.82) is 5.26 Å². The first-order valence-electron chi connectivity index (χ1n) is 6.32. The molecule has 0 fully saturated rings. The van der Waals surface area contributed by atoms with Gasteiger partial charge in [0.1, 0.15) is 6.07 Å². The van der Waals surface area contributed by atoms with Crippen LogP contribution in [0.5, 0.6) is 0 Å². The van der Waals surface area contributed by atoms with Gasteiger partial charge in [0.2, 0.25) is 0 Å². The predicted octanol–water partition coefficient (Wildman–Crippen LogP) is 4.42. The first-order chi connectivity index (χ1) is 9.28. The number of hydrogen-bond acceptors (Lipinski definition) is 2. The fourth-order valence-corrected chi connectivity index (χ4v) is 2.99. The lowest BCUT2D eigenvalue weighted by Crippen LogP contribution is -2.08. The summed E-state index contributed by atoms with van der Waals surface area (Å²) in [5.41, 5.74) is 4.36. The Morgan fingerprint density at radius 2 is 2.05 bits per heavy atom. The van der Waals surface area contributed by atoms with Crippen LogP contribution in [0.2, 0.25) is 0 Å². The van der Waals surface area contributed by atoms with E-state index in [1.165, 1.54) is 11.1 Å². The number of hydrogen-bond donors (Lipinski definition) is 1. The summed E-state index contributed by atoms with van der Waals surface area (Å²) < 4.78 is 0.932. The van der Waals surface area contributed by atoms with Gasteiger partial charge in [-0.2, -0.15) is 5.26 Å². The van der Waals surface area contributed by atoms with Crippen LogP contribution in [-0.2, 0) is 6.42 Å². The number of nitriles is 1. The Balaban J connectivity index is 1.90. The quantitative estimate of drug-likeness (QED) is 0.891. The van der Waals surface area contributed by atoms with E-state index in [2.05, 4.69) is 51.6 Å². The fourth-order valence-electron chi connectivity index (χ4n) is 2.63. The van der Waals surface area contributed by atoms with Gasteiger partial charge in [-0.25, -0.2) is 0 Å². The highest BCUT2D eigenvalue weighted by molar-refractivity contribution is 9.10. The minimum Gasteiger partial charge on any atom is -0.377 e. The molecule has 1 aliphatic carbocycles. The molecule has 0 heterocycles. The van der Waals surface area contributed by atoms with Crippen LogP contribution in [0.4, 0.5) is 5.69 Å². The Labute approximate surface area is 121 Å².